The van der Waals surface area contributed by atoms with Gasteiger partial charge in [-0.2, -0.15) is 8.42 Å². The Labute approximate surface area is 293 Å². The molecule has 0 spiro atoms. The van der Waals surface area contributed by atoms with Crippen LogP contribution in [0.25, 0.3) is 16.6 Å². The van der Waals surface area contributed by atoms with Gasteiger partial charge in [0.2, 0.25) is 0 Å². The number of ether oxygens (including phenoxy) is 3. The second-order valence-electron chi connectivity index (χ2n) is 11.1. The fraction of sp³-hybridized carbons (Fsp3) is 0.257. The van der Waals surface area contributed by atoms with E-state index in [-0.39, 0.29) is 35.8 Å². The molecule has 1 atom stereocenters. The summed E-state index contributed by atoms with van der Waals surface area (Å²) in [5.41, 5.74) is 0.901. The number of benzene rings is 3. The van der Waals surface area contributed by atoms with Crippen LogP contribution in [0.15, 0.2) is 83.8 Å². The van der Waals surface area contributed by atoms with Crippen LogP contribution in [0.5, 0.6) is 17.2 Å². The highest BCUT2D eigenvalue weighted by Gasteiger charge is 2.26. The molecule has 14 nitrogen and oxygen atoms in total. The molecule has 1 amide bonds. The van der Waals surface area contributed by atoms with Crippen LogP contribution in [0.3, 0.4) is 0 Å². The first-order valence-electron chi connectivity index (χ1n) is 15.6. The first-order chi connectivity index (χ1) is 24.3. The number of pyridine rings is 1. The van der Waals surface area contributed by atoms with Crippen molar-refractivity contribution in [2.24, 2.45) is 0 Å². The molecule has 270 valence electrons. The Morgan fingerprint density at radius 1 is 1.04 bits per heavy atom. The molecule has 0 aliphatic heterocycles. The van der Waals surface area contributed by atoms with Crippen molar-refractivity contribution in [1.82, 2.24) is 19.7 Å². The lowest BCUT2D eigenvalue weighted by molar-refractivity contribution is -0.147. The summed E-state index contributed by atoms with van der Waals surface area (Å²) in [5, 5.41) is 6.03. The average molecular weight is 724 g/mol. The lowest BCUT2D eigenvalue weighted by Gasteiger charge is -2.18. The number of para-hydroxylation sites is 1. The third kappa shape index (κ3) is 9.78. The zero-order valence-corrected chi connectivity index (χ0v) is 29.4. The van der Waals surface area contributed by atoms with Crippen molar-refractivity contribution in [2.75, 3.05) is 31.8 Å². The maximum atomic E-state index is 15.2. The summed E-state index contributed by atoms with van der Waals surface area (Å²) >= 11 is 0. The van der Waals surface area contributed by atoms with Gasteiger partial charge in [-0.05, 0) is 70.3 Å². The number of nitrogens with one attached hydrogen (secondary N) is 2. The van der Waals surface area contributed by atoms with Gasteiger partial charge in [-0.1, -0.05) is 18.2 Å². The monoisotopic (exact) mass is 723 g/mol. The quantitative estimate of drug-likeness (QED) is 0.120. The molecule has 51 heavy (non-hydrogen) atoms. The summed E-state index contributed by atoms with van der Waals surface area (Å²) in [6.45, 7) is 4.84. The van der Waals surface area contributed by atoms with Crippen molar-refractivity contribution in [2.45, 2.75) is 33.4 Å². The molecular formula is C35H38FN5O9S. The Bertz CT molecular complexity index is 2190. The Balaban J connectivity index is 0.000000894. The Hall–Kier alpha value is -5.58. The van der Waals surface area contributed by atoms with E-state index in [2.05, 4.69) is 15.6 Å². The van der Waals surface area contributed by atoms with E-state index in [1.54, 1.807) is 93.5 Å². The third-order valence-electron chi connectivity index (χ3n) is 7.39. The van der Waals surface area contributed by atoms with Gasteiger partial charge < -0.3 is 24.8 Å². The molecule has 0 bridgehead atoms. The molecule has 0 radical (unpaired) electrons. The predicted octanol–water partition coefficient (Wildman–Crippen LogP) is 4.73. The molecular weight excluding hydrogens is 685 g/mol. The summed E-state index contributed by atoms with van der Waals surface area (Å²) in [4.78, 5) is 43.5. The minimum Gasteiger partial charge on any atom is -0.497 e. The number of fused-ring (bicyclic) bond motifs is 1. The topological polar surface area (TPSA) is 180 Å². The number of halogens is 1. The standard InChI is InChI=1S/C33H32FN5O6.C2H6O3S/c1-20(44-30(40)18-35-3)19-38-21(2)31(33(42)39(38)23-8-6-5-7-9-23)32(41)37-22-10-13-29(26(34)16-22)45-28-14-15-36-27-17-24(43-4)11-12-25(27)28;1-2-6(3,4)5/h5-17,20,35H,18-19H2,1-4H3,(H,37,41);2H2,1H3,(H,3,4,5). The van der Waals surface area contributed by atoms with Gasteiger partial charge in [-0.25, -0.2) is 9.07 Å². The number of rotatable bonds is 12. The van der Waals surface area contributed by atoms with Crippen LogP contribution in [-0.4, -0.2) is 71.8 Å². The van der Waals surface area contributed by atoms with E-state index in [4.69, 9.17) is 18.8 Å². The van der Waals surface area contributed by atoms with E-state index in [1.807, 2.05) is 0 Å². The van der Waals surface area contributed by atoms with E-state index >= 15 is 4.39 Å². The van der Waals surface area contributed by atoms with Crippen molar-refractivity contribution in [1.29, 1.82) is 0 Å². The fourth-order valence-electron chi connectivity index (χ4n) is 4.94. The number of anilines is 1. The lowest BCUT2D eigenvalue weighted by atomic mass is 10.2. The smallest absolute Gasteiger partial charge is 0.320 e. The number of hydrogen-bond acceptors (Lipinski definition) is 10. The maximum absolute atomic E-state index is 15.2. The van der Waals surface area contributed by atoms with Gasteiger partial charge in [-0.15, -0.1) is 0 Å². The van der Waals surface area contributed by atoms with Crippen molar-refractivity contribution >= 4 is 38.6 Å². The Kier molecular flexibility index (Phi) is 12.7. The first kappa shape index (κ1) is 38.2. The van der Waals surface area contributed by atoms with E-state index in [0.717, 1.165) is 6.07 Å². The summed E-state index contributed by atoms with van der Waals surface area (Å²) in [5.74, 6) is -1.14. The van der Waals surface area contributed by atoms with Crippen molar-refractivity contribution in [3.63, 3.8) is 0 Å². The molecule has 0 saturated carbocycles. The number of likely N-dealkylation sites (N-methyl/N-ethyl adjacent to an activating group) is 1. The minimum atomic E-state index is -3.66. The lowest BCUT2D eigenvalue weighted by Crippen LogP contribution is -2.30. The summed E-state index contributed by atoms with van der Waals surface area (Å²) < 4.78 is 61.6. The van der Waals surface area contributed by atoms with Gasteiger partial charge in [0.15, 0.2) is 11.6 Å². The van der Waals surface area contributed by atoms with Gasteiger partial charge in [-0.3, -0.25) is 28.6 Å². The minimum absolute atomic E-state index is 0.0307. The molecule has 3 N–H and O–H groups in total. The number of esters is 1. The third-order valence-corrected chi connectivity index (χ3v) is 8.12. The highest BCUT2D eigenvalue weighted by molar-refractivity contribution is 7.85. The molecule has 1 unspecified atom stereocenters. The van der Waals surface area contributed by atoms with Gasteiger partial charge in [0.05, 0.1) is 42.9 Å². The van der Waals surface area contributed by atoms with Crippen LogP contribution < -0.4 is 25.7 Å². The van der Waals surface area contributed by atoms with Crippen LogP contribution in [0.1, 0.15) is 29.9 Å². The van der Waals surface area contributed by atoms with Crippen LogP contribution >= 0.6 is 0 Å². The second kappa shape index (κ2) is 16.9. The average Bonchev–Trinajstić information content (AvgIpc) is 3.34. The number of hydrogen-bond donors (Lipinski definition) is 3. The van der Waals surface area contributed by atoms with Crippen LogP contribution in [0.2, 0.25) is 0 Å². The molecule has 3 aromatic carbocycles. The molecule has 16 heteroatoms. The SMILES string of the molecule is CCS(=O)(=O)O.CNCC(=O)OC(C)Cn1c(C)c(C(=O)Nc2ccc(Oc3ccnc4cc(OC)ccc34)c(F)c2)c(=O)n1-c1ccccc1. The Morgan fingerprint density at radius 2 is 1.75 bits per heavy atom. The summed E-state index contributed by atoms with van der Waals surface area (Å²) in [6.07, 6.45) is 0.941. The van der Waals surface area contributed by atoms with E-state index in [0.29, 0.717) is 33.8 Å². The summed E-state index contributed by atoms with van der Waals surface area (Å²) in [6, 6.07) is 19.7. The fourth-order valence-corrected chi connectivity index (χ4v) is 4.94. The number of aromatic nitrogens is 3. The number of methoxy groups -OCH3 is 1. The van der Waals surface area contributed by atoms with E-state index in [9.17, 15) is 22.8 Å². The highest BCUT2D eigenvalue weighted by atomic mass is 32.2. The number of carbonyl (C=O) groups is 2. The molecule has 0 aliphatic rings. The zero-order chi connectivity index (χ0) is 37.3. The van der Waals surface area contributed by atoms with Crippen LogP contribution in [0, 0.1) is 12.7 Å². The predicted molar refractivity (Wildman–Crippen MR) is 189 cm³/mol. The molecule has 5 rings (SSSR count). The van der Waals surface area contributed by atoms with Gasteiger partial charge in [0.1, 0.15) is 23.2 Å². The molecule has 2 heterocycles. The van der Waals surface area contributed by atoms with Crippen LogP contribution in [-0.2, 0) is 26.2 Å². The molecule has 0 fully saturated rings. The van der Waals surface area contributed by atoms with E-state index < -0.39 is 39.5 Å². The number of nitrogens with zero attached hydrogens (tertiary/aromatic N) is 3. The number of amides is 1. The van der Waals surface area contributed by atoms with Crippen molar-refractivity contribution in [3.05, 3.63) is 106 Å². The van der Waals surface area contributed by atoms with Crippen molar-refractivity contribution < 1.29 is 41.2 Å². The second-order valence-corrected chi connectivity index (χ2v) is 12.8. The number of carbonyl (C=O) groups excluding carboxylic acids is 2. The highest BCUT2D eigenvalue weighted by Crippen LogP contribution is 2.33. The summed E-state index contributed by atoms with van der Waals surface area (Å²) in [7, 11) is -0.475. The molecule has 0 saturated heterocycles. The van der Waals surface area contributed by atoms with Gasteiger partial charge in [0.25, 0.3) is 21.6 Å². The normalized spacial score (nSPS) is 11.7. The molecule has 0 aliphatic carbocycles. The zero-order valence-electron chi connectivity index (χ0n) is 28.5. The maximum Gasteiger partial charge on any atom is 0.320 e. The van der Waals surface area contributed by atoms with Gasteiger partial charge >= 0.3 is 5.97 Å². The Morgan fingerprint density at radius 3 is 2.37 bits per heavy atom. The molecule has 5 aromatic rings. The van der Waals surface area contributed by atoms with E-state index in [1.165, 1.54) is 23.7 Å². The van der Waals surface area contributed by atoms with Gasteiger partial charge in [0, 0.05) is 29.4 Å². The van der Waals surface area contributed by atoms with Crippen molar-refractivity contribution in [3.8, 4) is 22.9 Å². The van der Waals surface area contributed by atoms with Crippen LogP contribution in [0.4, 0.5) is 10.1 Å². The first-order valence-corrected chi connectivity index (χ1v) is 17.3. The largest absolute Gasteiger partial charge is 0.497 e. The molecule has 2 aromatic heterocycles.